The number of nitrogens with one attached hydrogen (secondary N) is 1. The van der Waals surface area contributed by atoms with Crippen molar-refractivity contribution in [2.24, 2.45) is 18.9 Å². The normalized spacial score (nSPS) is 21.6. The van der Waals surface area contributed by atoms with Crippen LogP contribution in [0, 0.1) is 25.7 Å². The van der Waals surface area contributed by atoms with Crippen molar-refractivity contribution < 1.29 is 9.53 Å². The summed E-state index contributed by atoms with van der Waals surface area (Å²) in [7, 11) is 2.07. The minimum atomic E-state index is -0.0157. The molecule has 0 radical (unpaired) electrons. The maximum Gasteiger partial charge on any atom is 0.246 e. The summed E-state index contributed by atoms with van der Waals surface area (Å²) >= 11 is 0. The fourth-order valence-electron chi connectivity index (χ4n) is 3.44. The number of hydrogen-bond acceptors (Lipinski definition) is 4. The molecule has 1 aromatic heterocycles. The number of imidazole rings is 1. The van der Waals surface area contributed by atoms with Crippen molar-refractivity contribution in [1.82, 2.24) is 19.8 Å². The molecule has 1 aromatic rings. The molecule has 1 aliphatic rings. The highest BCUT2D eigenvalue weighted by molar-refractivity contribution is 5.77. The van der Waals surface area contributed by atoms with Crippen molar-refractivity contribution in [3.8, 4) is 0 Å². The Morgan fingerprint density at radius 3 is 2.62 bits per heavy atom. The number of carbonyl (C=O) groups is 1. The largest absolute Gasteiger partial charge is 0.372 e. The van der Waals surface area contributed by atoms with Gasteiger partial charge in [0, 0.05) is 38.5 Å². The van der Waals surface area contributed by atoms with Gasteiger partial charge in [0.05, 0.1) is 12.2 Å². The molecular weight excluding hydrogens is 304 g/mol. The molecule has 1 aliphatic heterocycles. The van der Waals surface area contributed by atoms with E-state index in [4.69, 9.17) is 4.74 Å². The molecule has 1 N–H and O–H groups in total. The Labute approximate surface area is 145 Å². The third-order valence-electron chi connectivity index (χ3n) is 5.16. The summed E-state index contributed by atoms with van der Waals surface area (Å²) < 4.78 is 7.38. The number of likely N-dealkylation sites (tertiary alicyclic amines) is 1. The first kappa shape index (κ1) is 18.9. The summed E-state index contributed by atoms with van der Waals surface area (Å²) in [6.45, 7) is 13.9. The standard InChI is InChI=1S/C18H32N4O2/c1-7-24-11-18(23)20-16-9-22(8-15(16)12(2)3)10-17-19-13(4)14(5)21(17)6/h12,15-16H,7-11H2,1-6H3,(H,20,23). The Morgan fingerprint density at radius 2 is 2.08 bits per heavy atom. The van der Waals surface area contributed by atoms with Gasteiger partial charge in [0.25, 0.3) is 0 Å². The Kier molecular flexibility index (Phi) is 6.40. The first-order chi connectivity index (χ1) is 11.3. The molecule has 1 saturated heterocycles. The van der Waals surface area contributed by atoms with Crippen LogP contribution in [0.2, 0.25) is 0 Å². The fraction of sp³-hybridized carbons (Fsp3) is 0.778. The lowest BCUT2D eigenvalue weighted by Crippen LogP contribution is -2.43. The number of carbonyl (C=O) groups excluding carboxylic acids is 1. The number of amides is 1. The molecule has 0 saturated carbocycles. The third-order valence-corrected chi connectivity index (χ3v) is 5.16. The molecule has 0 spiro atoms. The van der Waals surface area contributed by atoms with E-state index in [2.05, 4.69) is 54.5 Å². The van der Waals surface area contributed by atoms with Gasteiger partial charge in [0.2, 0.25) is 5.91 Å². The molecule has 2 unspecified atom stereocenters. The minimum Gasteiger partial charge on any atom is -0.372 e. The first-order valence-electron chi connectivity index (χ1n) is 8.91. The number of rotatable bonds is 7. The molecule has 0 bridgehead atoms. The quantitative estimate of drug-likeness (QED) is 0.822. The molecule has 2 heterocycles. The fourth-order valence-corrected chi connectivity index (χ4v) is 3.44. The van der Waals surface area contributed by atoms with E-state index >= 15 is 0 Å². The van der Waals surface area contributed by atoms with Crippen molar-refractivity contribution in [1.29, 1.82) is 0 Å². The van der Waals surface area contributed by atoms with Crippen LogP contribution in [-0.2, 0) is 23.1 Å². The molecule has 1 amide bonds. The number of hydrogen-bond donors (Lipinski definition) is 1. The SMILES string of the molecule is CCOCC(=O)NC1CN(Cc2nc(C)c(C)n2C)CC1C(C)C. The van der Waals surface area contributed by atoms with Crippen LogP contribution in [0.15, 0.2) is 0 Å². The Morgan fingerprint density at radius 1 is 1.38 bits per heavy atom. The van der Waals surface area contributed by atoms with E-state index in [9.17, 15) is 4.79 Å². The zero-order chi connectivity index (χ0) is 17.9. The van der Waals surface area contributed by atoms with Crippen LogP contribution >= 0.6 is 0 Å². The Hall–Kier alpha value is -1.40. The summed E-state index contributed by atoms with van der Waals surface area (Å²) in [5.74, 6) is 2.06. The molecule has 1 fully saturated rings. The second-order valence-electron chi connectivity index (χ2n) is 7.17. The third kappa shape index (κ3) is 4.36. The number of aromatic nitrogens is 2. The van der Waals surface area contributed by atoms with Gasteiger partial charge in [-0.05, 0) is 32.6 Å². The van der Waals surface area contributed by atoms with Crippen LogP contribution in [0.4, 0.5) is 0 Å². The van der Waals surface area contributed by atoms with Crippen molar-refractivity contribution in [2.45, 2.75) is 47.2 Å². The smallest absolute Gasteiger partial charge is 0.246 e. The maximum absolute atomic E-state index is 12.0. The summed E-state index contributed by atoms with van der Waals surface area (Å²) in [5, 5.41) is 3.16. The predicted octanol–water partition coefficient (Wildman–Crippen LogP) is 1.65. The number of ether oxygens (including phenoxy) is 1. The zero-order valence-electron chi connectivity index (χ0n) is 15.9. The lowest BCUT2D eigenvalue weighted by Gasteiger charge is -2.22. The summed E-state index contributed by atoms with van der Waals surface area (Å²) in [6, 6.07) is 0.181. The molecule has 0 aromatic carbocycles. The lowest BCUT2D eigenvalue weighted by atomic mass is 9.91. The van der Waals surface area contributed by atoms with Crippen LogP contribution in [0.25, 0.3) is 0 Å². The predicted molar refractivity (Wildman–Crippen MR) is 94.7 cm³/mol. The molecular formula is C18H32N4O2. The highest BCUT2D eigenvalue weighted by Gasteiger charge is 2.36. The average molecular weight is 336 g/mol. The monoisotopic (exact) mass is 336 g/mol. The molecule has 6 heteroatoms. The van der Waals surface area contributed by atoms with E-state index in [1.165, 1.54) is 5.69 Å². The lowest BCUT2D eigenvalue weighted by molar-refractivity contribution is -0.126. The Balaban J connectivity index is 2.01. The topological polar surface area (TPSA) is 59.4 Å². The van der Waals surface area contributed by atoms with Gasteiger partial charge in [-0.1, -0.05) is 13.8 Å². The first-order valence-corrected chi connectivity index (χ1v) is 8.91. The van der Waals surface area contributed by atoms with Gasteiger partial charge < -0.3 is 14.6 Å². The maximum atomic E-state index is 12.0. The summed E-state index contributed by atoms with van der Waals surface area (Å²) in [6.07, 6.45) is 0. The van der Waals surface area contributed by atoms with Gasteiger partial charge in [-0.2, -0.15) is 0 Å². The second kappa shape index (κ2) is 8.12. The average Bonchev–Trinajstić information content (AvgIpc) is 3.02. The highest BCUT2D eigenvalue weighted by Crippen LogP contribution is 2.26. The van der Waals surface area contributed by atoms with E-state index in [1.807, 2.05) is 6.92 Å². The van der Waals surface area contributed by atoms with E-state index in [-0.39, 0.29) is 18.6 Å². The van der Waals surface area contributed by atoms with Crippen LogP contribution in [0.3, 0.4) is 0 Å². The second-order valence-corrected chi connectivity index (χ2v) is 7.17. The highest BCUT2D eigenvalue weighted by atomic mass is 16.5. The molecule has 2 atom stereocenters. The summed E-state index contributed by atoms with van der Waals surface area (Å²) in [4.78, 5) is 19.1. The molecule has 6 nitrogen and oxygen atoms in total. The molecule has 2 rings (SSSR count). The van der Waals surface area contributed by atoms with Crippen molar-refractivity contribution in [2.75, 3.05) is 26.3 Å². The van der Waals surface area contributed by atoms with Crippen LogP contribution in [-0.4, -0.2) is 52.7 Å². The zero-order valence-corrected chi connectivity index (χ0v) is 15.9. The van der Waals surface area contributed by atoms with E-state index in [0.717, 1.165) is 31.2 Å². The van der Waals surface area contributed by atoms with Gasteiger partial charge in [0.15, 0.2) is 0 Å². The van der Waals surface area contributed by atoms with Crippen LogP contribution in [0.1, 0.15) is 38.0 Å². The van der Waals surface area contributed by atoms with Gasteiger partial charge >= 0.3 is 0 Å². The number of aryl methyl sites for hydroxylation is 1. The van der Waals surface area contributed by atoms with E-state index < -0.39 is 0 Å². The van der Waals surface area contributed by atoms with Gasteiger partial charge in [0.1, 0.15) is 12.4 Å². The molecule has 24 heavy (non-hydrogen) atoms. The molecule has 136 valence electrons. The van der Waals surface area contributed by atoms with Crippen molar-refractivity contribution in [3.05, 3.63) is 17.2 Å². The van der Waals surface area contributed by atoms with Crippen LogP contribution in [0.5, 0.6) is 0 Å². The van der Waals surface area contributed by atoms with Crippen molar-refractivity contribution in [3.63, 3.8) is 0 Å². The minimum absolute atomic E-state index is 0.0157. The summed E-state index contributed by atoms with van der Waals surface area (Å²) in [5.41, 5.74) is 2.31. The van der Waals surface area contributed by atoms with E-state index in [1.54, 1.807) is 0 Å². The molecule has 0 aliphatic carbocycles. The van der Waals surface area contributed by atoms with Crippen molar-refractivity contribution >= 4 is 5.91 Å². The van der Waals surface area contributed by atoms with Gasteiger partial charge in [-0.3, -0.25) is 9.69 Å². The Bertz CT molecular complexity index is 568. The number of nitrogens with zero attached hydrogens (tertiary/aromatic N) is 3. The van der Waals surface area contributed by atoms with E-state index in [0.29, 0.717) is 18.4 Å². The van der Waals surface area contributed by atoms with Gasteiger partial charge in [-0.25, -0.2) is 4.98 Å². The van der Waals surface area contributed by atoms with Gasteiger partial charge in [-0.15, -0.1) is 0 Å². The van der Waals surface area contributed by atoms with Crippen LogP contribution < -0.4 is 5.32 Å².